The first-order valence-corrected chi connectivity index (χ1v) is 13.6. The summed E-state index contributed by atoms with van der Waals surface area (Å²) in [5.74, 6) is 0.920. The average molecular weight is 531 g/mol. The van der Waals surface area contributed by atoms with Crippen LogP contribution in [0.1, 0.15) is 57.7 Å². The first-order chi connectivity index (χ1) is 18.6. The van der Waals surface area contributed by atoms with E-state index in [4.69, 9.17) is 9.47 Å². The van der Waals surface area contributed by atoms with Crippen molar-refractivity contribution in [2.24, 2.45) is 0 Å². The molecular weight excluding hydrogens is 488 g/mol. The monoisotopic (exact) mass is 530 g/mol. The van der Waals surface area contributed by atoms with Gasteiger partial charge in [0.25, 0.3) is 5.91 Å². The number of methoxy groups -OCH3 is 1. The third-order valence-electron chi connectivity index (χ3n) is 6.81. The SMILES string of the molecule is CC[C@@H](C)NC(=O)[C@H](Cc1ccccc1)N(Cc1cccc(OC)c1)C(=O)COc1ccccc1C(C)(C)C. The molecule has 0 aliphatic carbocycles. The molecule has 0 radical (unpaired) electrons. The highest BCUT2D eigenvalue weighted by atomic mass is 16.5. The number of hydrogen-bond acceptors (Lipinski definition) is 4. The molecule has 0 saturated heterocycles. The molecule has 39 heavy (non-hydrogen) atoms. The van der Waals surface area contributed by atoms with Crippen LogP contribution in [0.4, 0.5) is 0 Å². The molecule has 0 fully saturated rings. The van der Waals surface area contributed by atoms with Crippen LogP contribution in [0, 0.1) is 0 Å². The van der Waals surface area contributed by atoms with E-state index >= 15 is 0 Å². The van der Waals surface area contributed by atoms with Crippen molar-refractivity contribution in [2.45, 2.75) is 71.5 Å². The molecule has 6 heteroatoms. The summed E-state index contributed by atoms with van der Waals surface area (Å²) >= 11 is 0. The summed E-state index contributed by atoms with van der Waals surface area (Å²) in [7, 11) is 1.61. The maximum Gasteiger partial charge on any atom is 0.261 e. The summed E-state index contributed by atoms with van der Waals surface area (Å²) in [4.78, 5) is 29.2. The molecule has 0 aliphatic rings. The third-order valence-corrected chi connectivity index (χ3v) is 6.81. The Morgan fingerprint density at radius 3 is 2.26 bits per heavy atom. The summed E-state index contributed by atoms with van der Waals surface area (Å²) in [5.41, 5.74) is 2.72. The summed E-state index contributed by atoms with van der Waals surface area (Å²) < 4.78 is 11.5. The van der Waals surface area contributed by atoms with Crippen LogP contribution in [0.5, 0.6) is 11.5 Å². The highest BCUT2D eigenvalue weighted by molar-refractivity contribution is 5.88. The predicted octanol–water partition coefficient (Wildman–Crippen LogP) is 5.93. The lowest BCUT2D eigenvalue weighted by Crippen LogP contribution is -2.53. The van der Waals surface area contributed by atoms with Gasteiger partial charge in [0.1, 0.15) is 17.5 Å². The fourth-order valence-corrected chi connectivity index (χ4v) is 4.40. The summed E-state index contributed by atoms with van der Waals surface area (Å²) in [6.07, 6.45) is 1.18. The second-order valence-electron chi connectivity index (χ2n) is 10.9. The van der Waals surface area contributed by atoms with E-state index < -0.39 is 6.04 Å². The zero-order valence-corrected chi connectivity index (χ0v) is 24.1. The highest BCUT2D eigenvalue weighted by Gasteiger charge is 2.31. The summed E-state index contributed by atoms with van der Waals surface area (Å²) in [5, 5.41) is 3.10. The van der Waals surface area contributed by atoms with E-state index in [1.54, 1.807) is 12.0 Å². The first kappa shape index (κ1) is 29.8. The van der Waals surface area contributed by atoms with Crippen molar-refractivity contribution in [3.63, 3.8) is 0 Å². The van der Waals surface area contributed by atoms with E-state index in [9.17, 15) is 9.59 Å². The first-order valence-electron chi connectivity index (χ1n) is 13.6. The molecular formula is C33H42N2O4. The molecule has 0 bridgehead atoms. The second-order valence-corrected chi connectivity index (χ2v) is 10.9. The van der Waals surface area contributed by atoms with Gasteiger partial charge in [-0.2, -0.15) is 0 Å². The Kier molecular flexibility index (Phi) is 10.6. The largest absolute Gasteiger partial charge is 0.497 e. The predicted molar refractivity (Wildman–Crippen MR) is 156 cm³/mol. The van der Waals surface area contributed by atoms with Gasteiger partial charge in [0.2, 0.25) is 5.91 Å². The fraction of sp³-hybridized carbons (Fsp3) is 0.394. The molecule has 0 aliphatic heterocycles. The quantitative estimate of drug-likeness (QED) is 0.315. The molecule has 2 amide bonds. The van der Waals surface area contributed by atoms with Crippen molar-refractivity contribution >= 4 is 11.8 Å². The van der Waals surface area contributed by atoms with Gasteiger partial charge < -0.3 is 19.7 Å². The smallest absolute Gasteiger partial charge is 0.261 e. The van der Waals surface area contributed by atoms with E-state index in [0.717, 1.165) is 23.1 Å². The van der Waals surface area contributed by atoms with E-state index in [-0.39, 0.29) is 36.4 Å². The van der Waals surface area contributed by atoms with Crippen molar-refractivity contribution in [2.75, 3.05) is 13.7 Å². The molecule has 1 N–H and O–H groups in total. The average Bonchev–Trinajstić information content (AvgIpc) is 2.93. The van der Waals surface area contributed by atoms with E-state index in [1.165, 1.54) is 0 Å². The van der Waals surface area contributed by atoms with Crippen LogP contribution >= 0.6 is 0 Å². The van der Waals surface area contributed by atoms with Gasteiger partial charge in [-0.1, -0.05) is 88.4 Å². The van der Waals surface area contributed by atoms with Crippen LogP contribution in [0.2, 0.25) is 0 Å². The van der Waals surface area contributed by atoms with E-state index in [1.807, 2.05) is 92.7 Å². The van der Waals surface area contributed by atoms with Crippen molar-refractivity contribution in [3.05, 3.63) is 95.6 Å². The Bertz CT molecular complexity index is 1220. The molecule has 0 heterocycles. The minimum absolute atomic E-state index is 0.0144. The molecule has 6 nitrogen and oxygen atoms in total. The number of carbonyl (C=O) groups excluding carboxylic acids is 2. The van der Waals surface area contributed by atoms with Crippen molar-refractivity contribution in [1.29, 1.82) is 0 Å². The standard InChI is InChI=1S/C33H42N2O4/c1-7-24(2)34-32(37)29(21-25-14-9-8-10-15-25)35(22-26-16-13-17-27(20-26)38-6)31(36)23-39-30-19-12-11-18-28(30)33(3,4)5/h8-20,24,29H,7,21-23H2,1-6H3,(H,34,37)/t24-,29+/m1/s1. The number of nitrogens with one attached hydrogen (secondary N) is 1. The van der Waals surface area contributed by atoms with E-state index in [2.05, 4.69) is 26.1 Å². The molecule has 3 aromatic carbocycles. The van der Waals surface area contributed by atoms with Crippen LogP contribution in [-0.4, -0.2) is 42.5 Å². The van der Waals surface area contributed by atoms with Crippen molar-refractivity contribution < 1.29 is 19.1 Å². The van der Waals surface area contributed by atoms with Gasteiger partial charge >= 0.3 is 0 Å². The Morgan fingerprint density at radius 1 is 0.923 bits per heavy atom. The number of amides is 2. The van der Waals surface area contributed by atoms with Gasteiger partial charge in [-0.05, 0) is 53.6 Å². The number of carbonyl (C=O) groups is 2. The number of benzene rings is 3. The Hall–Kier alpha value is -3.80. The van der Waals surface area contributed by atoms with Crippen LogP contribution in [0.3, 0.4) is 0 Å². The second kappa shape index (κ2) is 13.8. The lowest BCUT2D eigenvalue weighted by molar-refractivity contribution is -0.143. The van der Waals surface area contributed by atoms with Gasteiger partial charge in [0, 0.05) is 19.0 Å². The number of ether oxygens (including phenoxy) is 2. The van der Waals surface area contributed by atoms with Crippen molar-refractivity contribution in [3.8, 4) is 11.5 Å². The van der Waals surface area contributed by atoms with Gasteiger partial charge in [-0.15, -0.1) is 0 Å². The zero-order valence-electron chi connectivity index (χ0n) is 24.1. The molecule has 3 rings (SSSR count). The molecule has 0 spiro atoms. The number of nitrogens with zero attached hydrogens (tertiary/aromatic N) is 1. The highest BCUT2D eigenvalue weighted by Crippen LogP contribution is 2.31. The molecule has 3 aromatic rings. The molecule has 0 aromatic heterocycles. The Labute approximate surface area is 233 Å². The van der Waals surface area contributed by atoms with Crippen LogP contribution < -0.4 is 14.8 Å². The number of para-hydroxylation sites is 1. The zero-order chi connectivity index (χ0) is 28.4. The summed E-state index contributed by atoms with van der Waals surface area (Å²) in [6.45, 7) is 10.4. The van der Waals surface area contributed by atoms with Crippen molar-refractivity contribution in [1.82, 2.24) is 10.2 Å². The van der Waals surface area contributed by atoms with Gasteiger partial charge in [0.05, 0.1) is 7.11 Å². The van der Waals surface area contributed by atoms with Crippen LogP contribution in [0.15, 0.2) is 78.9 Å². The van der Waals surface area contributed by atoms with Gasteiger partial charge in [0.15, 0.2) is 6.61 Å². The lowest BCUT2D eigenvalue weighted by Gasteiger charge is -2.32. The van der Waals surface area contributed by atoms with Gasteiger partial charge in [-0.25, -0.2) is 0 Å². The lowest BCUT2D eigenvalue weighted by atomic mass is 9.86. The number of hydrogen-bond donors (Lipinski definition) is 1. The molecule has 0 saturated carbocycles. The normalized spacial score (nSPS) is 12.8. The Balaban J connectivity index is 1.96. The molecule has 208 valence electrons. The third kappa shape index (κ3) is 8.60. The maximum atomic E-state index is 13.9. The van der Waals surface area contributed by atoms with Gasteiger partial charge in [-0.3, -0.25) is 9.59 Å². The molecule has 0 unspecified atom stereocenters. The number of rotatable bonds is 12. The minimum Gasteiger partial charge on any atom is -0.497 e. The maximum absolute atomic E-state index is 13.9. The summed E-state index contributed by atoms with van der Waals surface area (Å²) in [6, 6.07) is 24.4. The van der Waals surface area contributed by atoms with Crippen LogP contribution in [-0.2, 0) is 28.0 Å². The molecule has 2 atom stereocenters. The minimum atomic E-state index is -0.721. The topological polar surface area (TPSA) is 67.9 Å². The van der Waals surface area contributed by atoms with E-state index in [0.29, 0.717) is 17.9 Å². The fourth-order valence-electron chi connectivity index (χ4n) is 4.40. The van der Waals surface area contributed by atoms with Crippen LogP contribution in [0.25, 0.3) is 0 Å². The Morgan fingerprint density at radius 2 is 1.59 bits per heavy atom.